The molecule has 1 saturated heterocycles. The maximum absolute atomic E-state index is 12.0. The summed E-state index contributed by atoms with van der Waals surface area (Å²) >= 11 is 0. The third-order valence-electron chi connectivity index (χ3n) is 4.41. The lowest BCUT2D eigenvalue weighted by atomic mass is 10.1. The van der Waals surface area contributed by atoms with Crippen LogP contribution >= 0.6 is 0 Å². The first-order valence-corrected chi connectivity index (χ1v) is 7.70. The second kappa shape index (κ2) is 4.75. The number of nitrogens with zero attached hydrogens (tertiary/aromatic N) is 3. The molecule has 0 amide bonds. The van der Waals surface area contributed by atoms with Gasteiger partial charge in [0, 0.05) is 19.6 Å². The molecule has 0 radical (unpaired) electrons. The summed E-state index contributed by atoms with van der Waals surface area (Å²) in [5, 5.41) is 0. The quantitative estimate of drug-likeness (QED) is 0.875. The van der Waals surface area contributed by atoms with Crippen LogP contribution in [0, 0.1) is 5.92 Å². The predicted octanol–water partition coefficient (Wildman–Crippen LogP) is 0.813. The predicted molar refractivity (Wildman–Crippen MR) is 79.8 cm³/mol. The highest BCUT2D eigenvalue weighted by Gasteiger charge is 2.25. The van der Waals surface area contributed by atoms with Crippen LogP contribution in [-0.4, -0.2) is 32.6 Å². The van der Waals surface area contributed by atoms with Crippen molar-refractivity contribution in [3.8, 4) is 0 Å². The molecule has 3 heterocycles. The van der Waals surface area contributed by atoms with E-state index < -0.39 is 0 Å². The molecule has 2 aromatic rings. The molecule has 1 aliphatic carbocycles. The lowest BCUT2D eigenvalue weighted by Crippen LogP contribution is -2.30. The molecule has 7 nitrogen and oxygen atoms in total. The van der Waals surface area contributed by atoms with Gasteiger partial charge < -0.3 is 9.88 Å². The van der Waals surface area contributed by atoms with E-state index in [0.29, 0.717) is 29.6 Å². The minimum atomic E-state index is -0.377. The van der Waals surface area contributed by atoms with Gasteiger partial charge in [-0.1, -0.05) is 0 Å². The summed E-state index contributed by atoms with van der Waals surface area (Å²) in [6.45, 7) is 2.55. The van der Waals surface area contributed by atoms with E-state index in [4.69, 9.17) is 0 Å². The molecular formula is C14H19N5O2. The molecule has 2 N–H and O–H groups in total. The summed E-state index contributed by atoms with van der Waals surface area (Å²) < 4.78 is 1.61. The van der Waals surface area contributed by atoms with Crippen LogP contribution in [0.1, 0.15) is 32.1 Å². The number of H-pyrrole nitrogens is 2. The molecule has 2 fully saturated rings. The van der Waals surface area contributed by atoms with Crippen LogP contribution in [0.2, 0.25) is 0 Å². The van der Waals surface area contributed by atoms with Gasteiger partial charge in [0.1, 0.15) is 0 Å². The fourth-order valence-corrected chi connectivity index (χ4v) is 3.01. The van der Waals surface area contributed by atoms with Crippen LogP contribution in [0.15, 0.2) is 9.59 Å². The van der Waals surface area contributed by atoms with Gasteiger partial charge >= 0.3 is 5.69 Å². The Hall–Kier alpha value is -2.05. The summed E-state index contributed by atoms with van der Waals surface area (Å²) in [7, 11) is 0. The SMILES string of the molecule is O=c1[nH]c(=O)n(CC2CC2)c2nc(N3CCCCC3)[nH]c12. The summed E-state index contributed by atoms with van der Waals surface area (Å²) in [6.07, 6.45) is 5.82. The highest BCUT2D eigenvalue weighted by molar-refractivity contribution is 5.72. The van der Waals surface area contributed by atoms with Crippen LogP contribution in [0.5, 0.6) is 0 Å². The van der Waals surface area contributed by atoms with Gasteiger partial charge in [-0.05, 0) is 38.0 Å². The molecule has 0 unspecified atom stereocenters. The molecule has 0 bridgehead atoms. The molecule has 1 aliphatic heterocycles. The Morgan fingerprint density at radius 2 is 1.86 bits per heavy atom. The molecule has 4 rings (SSSR count). The van der Waals surface area contributed by atoms with Crippen molar-refractivity contribution in [2.75, 3.05) is 18.0 Å². The van der Waals surface area contributed by atoms with Crippen molar-refractivity contribution in [3.63, 3.8) is 0 Å². The third-order valence-corrected chi connectivity index (χ3v) is 4.41. The maximum atomic E-state index is 12.0. The van der Waals surface area contributed by atoms with Gasteiger partial charge in [-0.15, -0.1) is 0 Å². The number of imidazole rings is 1. The van der Waals surface area contributed by atoms with Gasteiger partial charge in [0.2, 0.25) is 5.95 Å². The number of hydrogen-bond acceptors (Lipinski definition) is 4. The van der Waals surface area contributed by atoms with E-state index in [-0.39, 0.29) is 11.2 Å². The molecule has 112 valence electrons. The third kappa shape index (κ3) is 2.26. The van der Waals surface area contributed by atoms with Gasteiger partial charge in [0.15, 0.2) is 11.2 Å². The average Bonchev–Trinajstić information content (AvgIpc) is 3.20. The normalized spacial score (nSPS) is 19.3. The fourth-order valence-electron chi connectivity index (χ4n) is 3.01. The lowest BCUT2D eigenvalue weighted by Gasteiger charge is -2.25. The Balaban J connectivity index is 1.82. The molecule has 2 aromatic heterocycles. The van der Waals surface area contributed by atoms with Crippen molar-refractivity contribution in [3.05, 3.63) is 20.8 Å². The summed E-state index contributed by atoms with van der Waals surface area (Å²) in [5.41, 5.74) is 0.181. The summed E-state index contributed by atoms with van der Waals surface area (Å²) in [4.78, 5) is 36.2. The van der Waals surface area contributed by atoms with E-state index in [0.717, 1.165) is 38.8 Å². The Morgan fingerprint density at radius 3 is 2.57 bits per heavy atom. The van der Waals surface area contributed by atoms with Crippen LogP contribution in [0.25, 0.3) is 11.2 Å². The number of fused-ring (bicyclic) bond motifs is 1. The zero-order chi connectivity index (χ0) is 14.4. The summed E-state index contributed by atoms with van der Waals surface area (Å²) in [5.74, 6) is 1.26. The van der Waals surface area contributed by atoms with Gasteiger partial charge in [0.05, 0.1) is 0 Å². The number of anilines is 1. The van der Waals surface area contributed by atoms with Gasteiger partial charge in [0.25, 0.3) is 5.56 Å². The number of nitrogens with one attached hydrogen (secondary N) is 2. The minimum Gasteiger partial charge on any atom is -0.342 e. The largest absolute Gasteiger partial charge is 0.342 e. The van der Waals surface area contributed by atoms with Gasteiger partial charge in [-0.2, -0.15) is 4.98 Å². The first kappa shape index (κ1) is 12.7. The number of hydrogen-bond donors (Lipinski definition) is 2. The van der Waals surface area contributed by atoms with E-state index in [1.165, 1.54) is 6.42 Å². The summed E-state index contributed by atoms with van der Waals surface area (Å²) in [6, 6.07) is 0. The number of aromatic nitrogens is 4. The van der Waals surface area contributed by atoms with E-state index in [9.17, 15) is 9.59 Å². The molecule has 0 spiro atoms. The van der Waals surface area contributed by atoms with Gasteiger partial charge in [-0.25, -0.2) is 4.79 Å². The molecule has 2 aliphatic rings. The lowest BCUT2D eigenvalue weighted by molar-refractivity contribution is 0.569. The molecule has 7 heteroatoms. The van der Waals surface area contributed by atoms with Crippen LogP contribution in [0.3, 0.4) is 0 Å². The number of rotatable bonds is 3. The van der Waals surface area contributed by atoms with Crippen molar-refractivity contribution < 1.29 is 0 Å². The topological polar surface area (TPSA) is 86.8 Å². The average molecular weight is 289 g/mol. The van der Waals surface area contributed by atoms with E-state index in [1.54, 1.807) is 4.57 Å². The van der Waals surface area contributed by atoms with E-state index in [1.807, 2.05) is 0 Å². The van der Waals surface area contributed by atoms with Crippen LogP contribution in [-0.2, 0) is 6.54 Å². The highest BCUT2D eigenvalue weighted by atomic mass is 16.2. The molecule has 21 heavy (non-hydrogen) atoms. The standard InChI is InChI=1S/C14H19N5O2/c20-12-10-11(19(14(21)17-12)8-9-4-5-9)16-13(15-10)18-6-2-1-3-7-18/h9H,1-8H2,(H,15,16)(H,17,20,21). The second-order valence-electron chi connectivity index (χ2n) is 6.12. The van der Waals surface area contributed by atoms with Crippen molar-refractivity contribution in [2.45, 2.75) is 38.6 Å². The Kier molecular flexibility index (Phi) is 2.87. The number of piperidine rings is 1. The molecule has 0 atom stereocenters. The monoisotopic (exact) mass is 289 g/mol. The Labute approximate surface area is 121 Å². The zero-order valence-corrected chi connectivity index (χ0v) is 11.9. The van der Waals surface area contributed by atoms with Gasteiger partial charge in [-0.3, -0.25) is 14.3 Å². The van der Waals surface area contributed by atoms with E-state index in [2.05, 4.69) is 19.9 Å². The minimum absolute atomic E-state index is 0.351. The molecular weight excluding hydrogens is 270 g/mol. The zero-order valence-electron chi connectivity index (χ0n) is 11.9. The van der Waals surface area contributed by atoms with Crippen molar-refractivity contribution >= 4 is 17.1 Å². The van der Waals surface area contributed by atoms with Crippen LogP contribution < -0.4 is 16.1 Å². The van der Waals surface area contributed by atoms with Crippen molar-refractivity contribution in [2.24, 2.45) is 5.92 Å². The highest BCUT2D eigenvalue weighted by Crippen LogP contribution is 2.30. The Morgan fingerprint density at radius 1 is 1.10 bits per heavy atom. The molecule has 0 aromatic carbocycles. The maximum Gasteiger partial charge on any atom is 0.330 e. The van der Waals surface area contributed by atoms with E-state index >= 15 is 0 Å². The van der Waals surface area contributed by atoms with Crippen molar-refractivity contribution in [1.29, 1.82) is 0 Å². The number of aromatic amines is 2. The smallest absolute Gasteiger partial charge is 0.330 e. The van der Waals surface area contributed by atoms with Crippen molar-refractivity contribution in [1.82, 2.24) is 19.5 Å². The van der Waals surface area contributed by atoms with Crippen LogP contribution in [0.4, 0.5) is 5.95 Å². The molecule has 1 saturated carbocycles. The Bertz CT molecular complexity index is 777. The first-order chi connectivity index (χ1) is 10.2. The first-order valence-electron chi connectivity index (χ1n) is 7.70. The fraction of sp³-hybridized carbons (Fsp3) is 0.643. The second-order valence-corrected chi connectivity index (χ2v) is 6.12.